The first-order chi connectivity index (χ1) is 17.1. The number of carbonyl (C=O) groups excluding carboxylic acids is 1. The summed E-state index contributed by atoms with van der Waals surface area (Å²) in [4.78, 5) is 14.4. The van der Waals surface area contributed by atoms with Crippen molar-refractivity contribution in [1.29, 1.82) is 0 Å². The number of sulfonamides is 1. The van der Waals surface area contributed by atoms with E-state index in [1.165, 1.54) is 34.3 Å². The van der Waals surface area contributed by atoms with Crippen LogP contribution in [0.5, 0.6) is 0 Å². The molecule has 0 fully saturated rings. The van der Waals surface area contributed by atoms with E-state index in [1.54, 1.807) is 12.1 Å². The minimum atomic E-state index is -3.74. The molecule has 0 aromatic heterocycles. The Labute approximate surface area is 219 Å². The molecule has 0 spiro atoms. The molecule has 0 aliphatic rings. The molecule has 3 aromatic rings. The summed E-state index contributed by atoms with van der Waals surface area (Å²) in [6.45, 7) is 8.65. The summed E-state index contributed by atoms with van der Waals surface area (Å²) < 4.78 is 42.6. The second-order valence-electron chi connectivity index (χ2n) is 9.17. The Bertz CT molecular complexity index is 1300. The van der Waals surface area contributed by atoms with Crippen molar-refractivity contribution < 1.29 is 17.6 Å². The molecular weight excluding hydrogens is 493 g/mol. The third-order valence-corrected chi connectivity index (χ3v) is 8.94. The van der Waals surface area contributed by atoms with Crippen LogP contribution in [0.3, 0.4) is 0 Å². The monoisotopic (exact) mass is 527 g/mol. The van der Waals surface area contributed by atoms with Gasteiger partial charge in [-0.1, -0.05) is 43.0 Å². The lowest BCUT2D eigenvalue weighted by molar-refractivity contribution is 0.0978. The number of rotatable bonds is 12. The predicted octanol–water partition coefficient (Wildman–Crippen LogP) is 7.36. The minimum Gasteiger partial charge on any atom is -0.294 e. The van der Waals surface area contributed by atoms with E-state index in [0.717, 1.165) is 21.6 Å². The van der Waals surface area contributed by atoms with Gasteiger partial charge in [-0.15, -0.1) is 0 Å². The number of hydrogen-bond donors (Lipinski definition) is 0. The molecule has 7 heteroatoms. The van der Waals surface area contributed by atoms with Crippen molar-refractivity contribution in [2.24, 2.45) is 0 Å². The second kappa shape index (κ2) is 12.7. The molecule has 0 aliphatic heterocycles. The zero-order chi connectivity index (χ0) is 26.3. The van der Waals surface area contributed by atoms with Crippen LogP contribution in [0.1, 0.15) is 59.7 Å². The second-order valence-corrected chi connectivity index (χ2v) is 12.2. The van der Waals surface area contributed by atoms with E-state index >= 15 is 0 Å². The minimum absolute atomic E-state index is 0.134. The molecule has 0 atom stereocenters. The number of benzene rings is 3. The van der Waals surface area contributed by atoms with Crippen molar-refractivity contribution >= 4 is 27.6 Å². The number of halogens is 1. The van der Waals surface area contributed by atoms with E-state index in [-0.39, 0.29) is 12.2 Å². The zero-order valence-corrected chi connectivity index (χ0v) is 23.0. The number of hydrogen-bond acceptors (Lipinski definition) is 4. The van der Waals surface area contributed by atoms with E-state index in [9.17, 15) is 17.6 Å². The van der Waals surface area contributed by atoms with Crippen LogP contribution in [-0.4, -0.2) is 31.6 Å². The van der Waals surface area contributed by atoms with Gasteiger partial charge >= 0.3 is 0 Å². The van der Waals surface area contributed by atoms with Gasteiger partial charge in [-0.25, -0.2) is 12.8 Å². The van der Waals surface area contributed by atoms with Crippen LogP contribution in [0.2, 0.25) is 0 Å². The molecule has 36 heavy (non-hydrogen) atoms. The molecule has 0 heterocycles. The van der Waals surface area contributed by atoms with Crippen molar-refractivity contribution in [3.05, 3.63) is 88.7 Å². The van der Waals surface area contributed by atoms with Crippen LogP contribution in [0.15, 0.2) is 75.4 Å². The largest absolute Gasteiger partial charge is 0.294 e. The maximum Gasteiger partial charge on any atom is 0.244 e. The Morgan fingerprint density at radius 1 is 0.889 bits per heavy atom. The van der Waals surface area contributed by atoms with Crippen LogP contribution >= 0.6 is 11.8 Å². The Hall–Kier alpha value is -2.48. The van der Waals surface area contributed by atoms with Crippen molar-refractivity contribution in [2.45, 2.75) is 68.1 Å². The Morgan fingerprint density at radius 2 is 1.61 bits per heavy atom. The fraction of sp³-hybridized carbons (Fsp3) is 0.345. The van der Waals surface area contributed by atoms with Gasteiger partial charge in [0.15, 0.2) is 5.78 Å². The molecule has 0 aliphatic carbocycles. The fourth-order valence-electron chi connectivity index (χ4n) is 4.14. The lowest BCUT2D eigenvalue weighted by Gasteiger charge is -2.23. The van der Waals surface area contributed by atoms with Crippen molar-refractivity contribution in [2.75, 3.05) is 13.1 Å². The third-order valence-electron chi connectivity index (χ3n) is 5.82. The van der Waals surface area contributed by atoms with Gasteiger partial charge in [0, 0.05) is 34.9 Å². The lowest BCUT2D eigenvalue weighted by atomic mass is 10.1. The van der Waals surface area contributed by atoms with Gasteiger partial charge in [0.05, 0.1) is 4.90 Å². The number of Topliss-reactive ketones (excluding diaryl/α,β-unsaturated/α-hetero) is 1. The highest BCUT2D eigenvalue weighted by Gasteiger charge is 2.27. The van der Waals surface area contributed by atoms with E-state index in [2.05, 4.69) is 18.2 Å². The van der Waals surface area contributed by atoms with E-state index in [4.69, 9.17) is 0 Å². The molecule has 0 radical (unpaired) electrons. The summed E-state index contributed by atoms with van der Waals surface area (Å²) >= 11 is 1.46. The maximum absolute atomic E-state index is 13.8. The first kappa shape index (κ1) is 28.1. The summed E-state index contributed by atoms with van der Waals surface area (Å²) in [5.41, 5.74) is 3.50. The molecule has 0 amide bonds. The van der Waals surface area contributed by atoms with Gasteiger partial charge in [-0.2, -0.15) is 4.31 Å². The highest BCUT2D eigenvalue weighted by Crippen LogP contribution is 2.36. The molecule has 3 aromatic carbocycles. The number of ketones is 1. The van der Waals surface area contributed by atoms with Crippen molar-refractivity contribution in [1.82, 2.24) is 4.31 Å². The Balaban J connectivity index is 1.76. The predicted molar refractivity (Wildman–Crippen MR) is 145 cm³/mol. The van der Waals surface area contributed by atoms with Crippen molar-refractivity contribution in [3.8, 4) is 0 Å². The molecule has 192 valence electrons. The molecule has 0 saturated heterocycles. The Morgan fingerprint density at radius 3 is 2.28 bits per heavy atom. The molecular formula is C29H34FNO3S2. The third kappa shape index (κ3) is 7.51. The van der Waals surface area contributed by atoms with Gasteiger partial charge in [0.1, 0.15) is 5.82 Å². The van der Waals surface area contributed by atoms with Gasteiger partial charge < -0.3 is 0 Å². The summed E-state index contributed by atoms with van der Waals surface area (Å²) in [6.07, 6.45) is 2.02. The van der Waals surface area contributed by atoms with Gasteiger partial charge in [0.25, 0.3) is 0 Å². The van der Waals surface area contributed by atoms with Crippen molar-refractivity contribution in [3.63, 3.8) is 0 Å². The number of carbonyl (C=O) groups is 1. The molecule has 0 bridgehead atoms. The van der Waals surface area contributed by atoms with E-state index < -0.39 is 15.8 Å². The van der Waals surface area contributed by atoms with Crippen LogP contribution in [0, 0.1) is 26.6 Å². The highest BCUT2D eigenvalue weighted by molar-refractivity contribution is 8.00. The average Bonchev–Trinajstić information content (AvgIpc) is 2.81. The van der Waals surface area contributed by atoms with Gasteiger partial charge in [-0.3, -0.25) is 4.79 Å². The van der Waals surface area contributed by atoms with Crippen LogP contribution < -0.4 is 0 Å². The van der Waals surface area contributed by atoms with Crippen LogP contribution in [-0.2, 0) is 10.0 Å². The SMILES string of the molecule is CCCN(CCCCC(=O)c1cccc(F)c1)S(=O)(=O)c1cc(C)ccc1Sc1cc(C)cc(C)c1. The summed E-state index contributed by atoms with van der Waals surface area (Å²) in [5, 5.41) is 0. The summed E-state index contributed by atoms with van der Waals surface area (Å²) in [7, 11) is -3.74. The first-order valence-electron chi connectivity index (χ1n) is 12.3. The molecule has 3 rings (SSSR count). The first-order valence-corrected chi connectivity index (χ1v) is 14.5. The van der Waals surface area contributed by atoms with Crippen LogP contribution in [0.25, 0.3) is 0 Å². The van der Waals surface area contributed by atoms with Gasteiger partial charge in [0.2, 0.25) is 10.0 Å². The quantitative estimate of drug-likeness (QED) is 0.182. The molecule has 0 saturated carbocycles. The number of aryl methyl sites for hydroxylation is 3. The van der Waals surface area contributed by atoms with E-state index in [0.29, 0.717) is 47.7 Å². The fourth-order valence-corrected chi connectivity index (χ4v) is 7.35. The normalized spacial score (nSPS) is 11.7. The average molecular weight is 528 g/mol. The number of unbranched alkanes of at least 4 members (excludes halogenated alkanes) is 1. The summed E-state index contributed by atoms with van der Waals surface area (Å²) in [5.74, 6) is -0.570. The molecule has 0 N–H and O–H groups in total. The smallest absolute Gasteiger partial charge is 0.244 e. The standard InChI is InChI=1S/C29H34FNO3S2/c1-5-14-31(15-7-6-11-27(32)24-9-8-10-25(30)20-24)36(33,34)29-19-21(2)12-13-28(29)35-26-17-22(3)16-23(4)18-26/h8-10,12-13,16-20H,5-7,11,14-15H2,1-4H3. The Kier molecular flexibility index (Phi) is 9.88. The molecule has 0 unspecified atom stereocenters. The lowest BCUT2D eigenvalue weighted by Crippen LogP contribution is -2.33. The topological polar surface area (TPSA) is 54.5 Å². The number of nitrogens with zero attached hydrogens (tertiary/aromatic N) is 1. The molecule has 4 nitrogen and oxygen atoms in total. The zero-order valence-electron chi connectivity index (χ0n) is 21.4. The van der Waals surface area contributed by atoms with E-state index in [1.807, 2.05) is 39.8 Å². The highest BCUT2D eigenvalue weighted by atomic mass is 32.2. The maximum atomic E-state index is 13.8. The summed E-state index contributed by atoms with van der Waals surface area (Å²) in [6, 6.07) is 17.5. The van der Waals surface area contributed by atoms with Crippen LogP contribution in [0.4, 0.5) is 4.39 Å². The van der Waals surface area contributed by atoms with Gasteiger partial charge in [-0.05, 0) is 93.1 Å².